The molecule has 2 saturated heterocycles. The van der Waals surface area contributed by atoms with E-state index in [-0.39, 0.29) is 5.91 Å². The van der Waals surface area contributed by atoms with Crippen LogP contribution < -0.4 is 5.32 Å². The first kappa shape index (κ1) is 13.0. The van der Waals surface area contributed by atoms with Crippen molar-refractivity contribution in [3.8, 4) is 0 Å². The summed E-state index contributed by atoms with van der Waals surface area (Å²) in [6, 6.07) is 1.76. The van der Waals surface area contributed by atoms with E-state index < -0.39 is 0 Å². The van der Waals surface area contributed by atoms with Gasteiger partial charge in [-0.2, -0.15) is 0 Å². The normalized spacial score (nSPS) is 22.1. The number of carbonyl (C=O) groups is 1. The summed E-state index contributed by atoms with van der Waals surface area (Å²) in [7, 11) is 1.87. The lowest BCUT2D eigenvalue weighted by Gasteiger charge is -2.38. The second kappa shape index (κ2) is 4.84. The zero-order valence-corrected chi connectivity index (χ0v) is 12.0. The van der Waals surface area contributed by atoms with Crippen molar-refractivity contribution >= 4 is 17.5 Å². The Hall–Kier alpha value is -1.00. The highest BCUT2D eigenvalue weighted by Crippen LogP contribution is 2.37. The highest BCUT2D eigenvalue weighted by atomic mass is 35.5. The van der Waals surface area contributed by atoms with Gasteiger partial charge in [-0.05, 0) is 37.3 Å². The summed E-state index contributed by atoms with van der Waals surface area (Å²) >= 11 is 5.95. The average Bonchev–Trinajstić information content (AvgIpc) is 2.97. The fourth-order valence-electron chi connectivity index (χ4n) is 3.31. The molecule has 4 nitrogen and oxygen atoms in total. The van der Waals surface area contributed by atoms with Crippen LogP contribution in [-0.2, 0) is 7.05 Å². The molecule has 0 unspecified atom stereocenters. The first-order chi connectivity index (χ1) is 9.10. The van der Waals surface area contributed by atoms with Crippen molar-refractivity contribution in [3.05, 3.63) is 23.0 Å². The number of amides is 1. The molecule has 0 atom stereocenters. The highest BCUT2D eigenvalue weighted by Gasteiger charge is 2.38. The van der Waals surface area contributed by atoms with Gasteiger partial charge in [-0.3, -0.25) is 4.79 Å². The van der Waals surface area contributed by atoms with E-state index in [2.05, 4.69) is 5.32 Å². The third-order valence-electron chi connectivity index (χ3n) is 4.63. The zero-order valence-electron chi connectivity index (χ0n) is 11.3. The Balaban J connectivity index is 1.68. The van der Waals surface area contributed by atoms with E-state index in [1.54, 1.807) is 12.3 Å². The van der Waals surface area contributed by atoms with Gasteiger partial charge in [-0.1, -0.05) is 11.6 Å². The predicted octanol–water partition coefficient (Wildman–Crippen LogP) is 1.89. The van der Waals surface area contributed by atoms with Gasteiger partial charge in [0, 0.05) is 32.9 Å². The summed E-state index contributed by atoms with van der Waals surface area (Å²) in [5.74, 6) is 0.107. The predicted molar refractivity (Wildman–Crippen MR) is 75.5 cm³/mol. The van der Waals surface area contributed by atoms with E-state index in [9.17, 15) is 4.79 Å². The maximum atomic E-state index is 12.5. The van der Waals surface area contributed by atoms with Gasteiger partial charge in [0.15, 0.2) is 0 Å². The molecule has 104 valence electrons. The number of carbonyl (C=O) groups excluding carboxylic acids is 1. The number of aryl methyl sites for hydroxylation is 1. The number of piperidine rings is 1. The van der Waals surface area contributed by atoms with Crippen molar-refractivity contribution < 1.29 is 4.79 Å². The summed E-state index contributed by atoms with van der Waals surface area (Å²) in [6.07, 6.45) is 5.26. The second-order valence-electron chi connectivity index (χ2n) is 5.87. The zero-order chi connectivity index (χ0) is 13.5. The minimum Gasteiger partial charge on any atom is -0.345 e. The molecule has 5 heteroatoms. The monoisotopic (exact) mass is 281 g/mol. The fraction of sp³-hybridized carbons (Fsp3) is 0.643. The molecule has 1 amide bonds. The molecule has 0 aliphatic carbocycles. The van der Waals surface area contributed by atoms with E-state index in [0.29, 0.717) is 16.1 Å². The van der Waals surface area contributed by atoms with Gasteiger partial charge >= 0.3 is 0 Å². The molecule has 0 saturated carbocycles. The van der Waals surface area contributed by atoms with Gasteiger partial charge in [0.05, 0.1) is 5.02 Å². The molecular weight excluding hydrogens is 262 g/mol. The number of nitrogens with one attached hydrogen (secondary N) is 1. The summed E-state index contributed by atoms with van der Waals surface area (Å²) in [5, 5.41) is 4.07. The van der Waals surface area contributed by atoms with E-state index in [1.165, 1.54) is 6.42 Å². The van der Waals surface area contributed by atoms with Crippen molar-refractivity contribution in [2.75, 3.05) is 26.2 Å². The Morgan fingerprint density at radius 3 is 2.63 bits per heavy atom. The lowest BCUT2D eigenvalue weighted by Crippen LogP contribution is -2.44. The van der Waals surface area contributed by atoms with Crippen LogP contribution in [0, 0.1) is 5.41 Å². The standard InChI is InChI=1S/C14H20ClN3O/c1-17-9-11(15)8-12(17)13(19)18-6-3-14(4-7-18)2-5-16-10-14/h8-9,16H,2-7,10H2,1H3. The summed E-state index contributed by atoms with van der Waals surface area (Å²) in [6.45, 7) is 3.97. The van der Waals surface area contributed by atoms with Crippen LogP contribution in [0.3, 0.4) is 0 Å². The highest BCUT2D eigenvalue weighted by molar-refractivity contribution is 6.31. The van der Waals surface area contributed by atoms with Crippen molar-refractivity contribution in [1.29, 1.82) is 0 Å². The molecule has 0 aromatic carbocycles. The Labute approximate surface area is 118 Å². The lowest BCUT2D eigenvalue weighted by atomic mass is 9.78. The molecule has 19 heavy (non-hydrogen) atoms. The Bertz CT molecular complexity index is 481. The van der Waals surface area contributed by atoms with Crippen LogP contribution in [0.25, 0.3) is 0 Å². The number of hydrogen-bond donors (Lipinski definition) is 1. The molecule has 3 rings (SSSR count). The van der Waals surface area contributed by atoms with E-state index in [0.717, 1.165) is 39.0 Å². The Morgan fingerprint density at radius 2 is 2.11 bits per heavy atom. The Kier molecular flexibility index (Phi) is 3.31. The molecule has 1 aromatic rings. The van der Waals surface area contributed by atoms with Gasteiger partial charge in [0.1, 0.15) is 5.69 Å². The molecule has 2 fully saturated rings. The minimum absolute atomic E-state index is 0.107. The number of rotatable bonds is 1. The van der Waals surface area contributed by atoms with Crippen LogP contribution >= 0.6 is 11.6 Å². The summed E-state index contributed by atoms with van der Waals surface area (Å²) in [5.41, 5.74) is 1.13. The van der Waals surface area contributed by atoms with Gasteiger partial charge in [0.2, 0.25) is 0 Å². The molecule has 1 spiro atoms. The summed E-state index contributed by atoms with van der Waals surface area (Å²) < 4.78 is 1.81. The summed E-state index contributed by atoms with van der Waals surface area (Å²) in [4.78, 5) is 14.4. The first-order valence-electron chi connectivity index (χ1n) is 6.92. The number of likely N-dealkylation sites (tertiary alicyclic amines) is 1. The van der Waals surface area contributed by atoms with Gasteiger partial charge in [-0.25, -0.2) is 0 Å². The maximum Gasteiger partial charge on any atom is 0.270 e. The molecule has 1 N–H and O–H groups in total. The number of aromatic nitrogens is 1. The maximum absolute atomic E-state index is 12.5. The topological polar surface area (TPSA) is 37.3 Å². The van der Waals surface area contributed by atoms with Crippen LogP contribution in [0.5, 0.6) is 0 Å². The van der Waals surface area contributed by atoms with Crippen molar-refractivity contribution in [3.63, 3.8) is 0 Å². The fourth-order valence-corrected chi connectivity index (χ4v) is 3.55. The van der Waals surface area contributed by atoms with E-state index in [1.807, 2.05) is 16.5 Å². The molecular formula is C14H20ClN3O. The van der Waals surface area contributed by atoms with Crippen LogP contribution in [0.1, 0.15) is 29.8 Å². The second-order valence-corrected chi connectivity index (χ2v) is 6.31. The molecule has 3 heterocycles. The number of halogens is 1. The lowest BCUT2D eigenvalue weighted by molar-refractivity contribution is 0.0598. The smallest absolute Gasteiger partial charge is 0.270 e. The van der Waals surface area contributed by atoms with Crippen LogP contribution in [0.2, 0.25) is 5.02 Å². The molecule has 2 aliphatic heterocycles. The van der Waals surface area contributed by atoms with Crippen molar-refractivity contribution in [2.45, 2.75) is 19.3 Å². The van der Waals surface area contributed by atoms with E-state index in [4.69, 9.17) is 11.6 Å². The van der Waals surface area contributed by atoms with Crippen LogP contribution in [0.4, 0.5) is 0 Å². The SMILES string of the molecule is Cn1cc(Cl)cc1C(=O)N1CCC2(CCNC2)CC1. The molecule has 0 bridgehead atoms. The number of nitrogens with zero attached hydrogens (tertiary/aromatic N) is 2. The first-order valence-corrected chi connectivity index (χ1v) is 7.29. The molecule has 2 aliphatic rings. The van der Waals surface area contributed by atoms with E-state index >= 15 is 0 Å². The van der Waals surface area contributed by atoms with Crippen molar-refractivity contribution in [1.82, 2.24) is 14.8 Å². The van der Waals surface area contributed by atoms with Gasteiger partial charge in [-0.15, -0.1) is 0 Å². The molecule has 1 aromatic heterocycles. The van der Waals surface area contributed by atoms with Crippen LogP contribution in [-0.4, -0.2) is 41.6 Å². The average molecular weight is 282 g/mol. The quantitative estimate of drug-likeness (QED) is 0.854. The molecule has 0 radical (unpaired) electrons. The minimum atomic E-state index is 0.107. The Morgan fingerprint density at radius 1 is 1.37 bits per heavy atom. The largest absolute Gasteiger partial charge is 0.345 e. The van der Waals surface area contributed by atoms with Crippen molar-refractivity contribution in [2.24, 2.45) is 12.5 Å². The van der Waals surface area contributed by atoms with Gasteiger partial charge in [0.25, 0.3) is 5.91 Å². The van der Waals surface area contributed by atoms with Crippen LogP contribution in [0.15, 0.2) is 12.3 Å². The van der Waals surface area contributed by atoms with Gasteiger partial charge < -0.3 is 14.8 Å². The third kappa shape index (κ3) is 2.39. The number of hydrogen-bond acceptors (Lipinski definition) is 2. The third-order valence-corrected chi connectivity index (χ3v) is 4.84.